The van der Waals surface area contributed by atoms with Crippen LogP contribution in [0.25, 0.3) is 11.0 Å². The van der Waals surface area contributed by atoms with Crippen LogP contribution < -0.4 is 10.6 Å². The van der Waals surface area contributed by atoms with Crippen LogP contribution in [0.4, 0.5) is 5.82 Å². The Labute approximate surface area is 291 Å². The molecule has 2 aromatic heterocycles. The van der Waals surface area contributed by atoms with Crippen molar-refractivity contribution < 1.29 is 67.0 Å². The van der Waals surface area contributed by atoms with Crippen molar-refractivity contribution in [3.8, 4) is 12.3 Å². The molecule has 1 amide bonds. The Morgan fingerprint density at radius 3 is 2.30 bits per heavy atom. The van der Waals surface area contributed by atoms with E-state index in [-0.39, 0.29) is 35.4 Å². The van der Waals surface area contributed by atoms with Crippen LogP contribution in [0, 0.1) is 18.3 Å². The lowest BCUT2D eigenvalue weighted by atomic mass is 9.79. The number of carbonyl (C=O) groups excluding carboxylic acids is 1. The van der Waals surface area contributed by atoms with Crippen LogP contribution in [0.1, 0.15) is 19.1 Å². The maximum absolute atomic E-state index is 12.6. The molecule has 5 atom stereocenters. The summed E-state index contributed by atoms with van der Waals surface area (Å²) in [6, 6.07) is -0.116. The quantitative estimate of drug-likeness (QED) is 0.0342. The summed E-state index contributed by atoms with van der Waals surface area (Å²) in [5.74, 6) is 0.940. The molecule has 0 bridgehead atoms. The SMILES string of the molecule is C#CCOCCOCCOCCOCCNC(=O)C1CC(Nc2nc(Cl)nc3c2cnn3[C@@H]2O[C@H](COP(=O)(O)CP(=O)(O)O)[C@@H](O)[C@H]2O)C1. The number of anilines is 1. The second-order valence-corrected chi connectivity index (χ2v) is 15.7. The van der Waals surface area contributed by atoms with E-state index in [0.717, 1.165) is 4.68 Å². The van der Waals surface area contributed by atoms with Crippen LogP contribution >= 0.6 is 26.8 Å². The average molecular weight is 771 g/mol. The number of nitrogens with one attached hydrogen (secondary N) is 2. The van der Waals surface area contributed by atoms with Crippen LogP contribution in [0.15, 0.2) is 6.20 Å². The van der Waals surface area contributed by atoms with Gasteiger partial charge in [-0.05, 0) is 24.4 Å². The molecule has 20 nitrogen and oxygen atoms in total. The zero-order chi connectivity index (χ0) is 36.3. The number of aromatic nitrogens is 4. The van der Waals surface area contributed by atoms with Gasteiger partial charge in [0.15, 0.2) is 17.8 Å². The molecule has 280 valence electrons. The van der Waals surface area contributed by atoms with E-state index < -0.39 is 52.2 Å². The molecule has 4 rings (SSSR count). The van der Waals surface area contributed by atoms with Crippen molar-refractivity contribution in [1.82, 2.24) is 25.1 Å². The van der Waals surface area contributed by atoms with Gasteiger partial charge in [0.25, 0.3) is 0 Å². The van der Waals surface area contributed by atoms with Gasteiger partial charge in [0.1, 0.15) is 30.7 Å². The molecule has 2 fully saturated rings. The molecule has 0 radical (unpaired) electrons. The molecule has 1 aliphatic heterocycles. The van der Waals surface area contributed by atoms with Gasteiger partial charge in [-0.15, -0.1) is 6.42 Å². The minimum absolute atomic E-state index is 0.103. The Hall–Kier alpha value is -2.31. The molecule has 7 N–H and O–H groups in total. The van der Waals surface area contributed by atoms with Gasteiger partial charge in [-0.3, -0.25) is 13.9 Å². The number of rotatable bonds is 22. The molecule has 0 aromatic carbocycles. The first-order chi connectivity index (χ1) is 23.8. The van der Waals surface area contributed by atoms with Gasteiger partial charge in [0.05, 0.1) is 64.4 Å². The number of hydrogen-bond acceptors (Lipinski definition) is 15. The number of aliphatic hydroxyl groups excluding tert-OH is 2. The molecule has 2 aliphatic rings. The van der Waals surface area contributed by atoms with E-state index in [0.29, 0.717) is 76.8 Å². The number of terminal acetylenes is 1. The van der Waals surface area contributed by atoms with E-state index in [9.17, 15) is 29.0 Å². The fraction of sp³-hybridized carbons (Fsp3) is 0.704. The lowest BCUT2D eigenvalue weighted by Crippen LogP contribution is -2.45. The molecule has 2 aromatic rings. The third-order valence-corrected chi connectivity index (χ3v) is 11.1. The van der Waals surface area contributed by atoms with E-state index in [1.54, 1.807) is 0 Å². The van der Waals surface area contributed by atoms with Gasteiger partial charge < -0.3 is 63.7 Å². The zero-order valence-corrected chi connectivity index (χ0v) is 29.3. The topological polar surface area (TPSA) is 275 Å². The number of fused-ring (bicyclic) bond motifs is 1. The largest absolute Gasteiger partial charge is 0.387 e. The van der Waals surface area contributed by atoms with E-state index in [1.807, 2.05) is 0 Å². The van der Waals surface area contributed by atoms with Gasteiger partial charge in [-0.25, -0.2) is 4.68 Å². The summed E-state index contributed by atoms with van der Waals surface area (Å²) in [6.45, 7) is 2.66. The standard InChI is InChI=1S/C27H41ClN6O14P2/c1-2-4-43-6-8-45-10-11-46-9-7-44-5-3-29-25(37)17-12-18(13-17)31-23-19-14-30-34(24(19)33-27(28)32-23)26-22(36)21(35)20(48-26)15-47-50(41,42)16-49(38,39)40/h1,14,17-18,20-22,26,35-36H,3-13,15-16H2,(H,29,37)(H,41,42)(H,31,32,33)(H2,38,39,40)/t17?,18?,20-,21-,22-,26-/m1/s1. The van der Waals surface area contributed by atoms with Crippen LogP contribution in [-0.4, -0.2) is 147 Å². The average Bonchev–Trinajstić information content (AvgIpc) is 3.56. The molecule has 1 unspecified atom stereocenters. The Kier molecular flexibility index (Phi) is 15.3. The number of aliphatic hydroxyl groups is 2. The highest BCUT2D eigenvalue weighted by Crippen LogP contribution is 2.55. The van der Waals surface area contributed by atoms with Crippen LogP contribution in [0.5, 0.6) is 0 Å². The summed E-state index contributed by atoms with van der Waals surface area (Å²) in [5, 5.41) is 31.7. The molecule has 1 saturated carbocycles. The van der Waals surface area contributed by atoms with Crippen LogP contribution in [0.3, 0.4) is 0 Å². The predicted molar refractivity (Wildman–Crippen MR) is 174 cm³/mol. The lowest BCUT2D eigenvalue weighted by molar-refractivity contribution is -0.127. The molecule has 0 spiro atoms. The third-order valence-electron chi connectivity index (χ3n) is 7.50. The summed E-state index contributed by atoms with van der Waals surface area (Å²) >= 11 is 6.18. The van der Waals surface area contributed by atoms with Crippen molar-refractivity contribution in [1.29, 1.82) is 0 Å². The summed E-state index contributed by atoms with van der Waals surface area (Å²) < 4.78 is 55.9. The number of nitrogens with zero attached hydrogens (tertiary/aromatic N) is 4. The highest BCUT2D eigenvalue weighted by Gasteiger charge is 2.46. The van der Waals surface area contributed by atoms with Crippen molar-refractivity contribution in [3.05, 3.63) is 11.5 Å². The van der Waals surface area contributed by atoms with Gasteiger partial charge in [0.2, 0.25) is 11.2 Å². The van der Waals surface area contributed by atoms with E-state index in [1.165, 1.54) is 6.20 Å². The number of carbonyl (C=O) groups is 1. The smallest absolute Gasteiger partial charge is 0.340 e. The summed E-state index contributed by atoms with van der Waals surface area (Å²) in [5.41, 5.74) is 0.133. The van der Waals surface area contributed by atoms with E-state index in [2.05, 4.69) is 31.6 Å². The fourth-order valence-electron chi connectivity index (χ4n) is 5.05. The van der Waals surface area contributed by atoms with Crippen molar-refractivity contribution in [2.75, 3.05) is 77.2 Å². The second-order valence-electron chi connectivity index (χ2n) is 11.3. The van der Waals surface area contributed by atoms with Crippen molar-refractivity contribution >= 4 is 49.6 Å². The zero-order valence-electron chi connectivity index (χ0n) is 26.8. The van der Waals surface area contributed by atoms with Crippen LogP contribution in [-0.2, 0) is 42.1 Å². The molecule has 1 saturated heterocycles. The van der Waals surface area contributed by atoms with Gasteiger partial charge >= 0.3 is 15.2 Å². The molecule has 3 heterocycles. The maximum Gasteiger partial charge on any atom is 0.340 e. The van der Waals surface area contributed by atoms with Gasteiger partial charge in [-0.2, -0.15) is 15.1 Å². The van der Waals surface area contributed by atoms with Crippen LogP contribution in [0.2, 0.25) is 5.28 Å². The molecular formula is C27H41ClN6O14P2. The molecule has 1 aliphatic carbocycles. The normalized spacial score (nSPS) is 24.8. The third kappa shape index (κ3) is 12.1. The first kappa shape index (κ1) is 40.5. The number of halogens is 1. The monoisotopic (exact) mass is 770 g/mol. The van der Waals surface area contributed by atoms with E-state index >= 15 is 0 Å². The minimum Gasteiger partial charge on any atom is -0.387 e. The fourth-order valence-corrected chi connectivity index (χ4v) is 7.79. The summed E-state index contributed by atoms with van der Waals surface area (Å²) in [4.78, 5) is 48.6. The highest BCUT2D eigenvalue weighted by atomic mass is 35.5. The summed E-state index contributed by atoms with van der Waals surface area (Å²) in [6.07, 6.45) is 1.61. The summed E-state index contributed by atoms with van der Waals surface area (Å²) in [7, 11) is -9.60. The molecular weight excluding hydrogens is 730 g/mol. The molecule has 23 heteroatoms. The highest BCUT2D eigenvalue weighted by molar-refractivity contribution is 7.70. The Bertz CT molecular complexity index is 1550. The number of amides is 1. The lowest BCUT2D eigenvalue weighted by Gasteiger charge is -2.35. The van der Waals surface area contributed by atoms with Crippen molar-refractivity contribution in [3.63, 3.8) is 0 Å². The maximum atomic E-state index is 12.6. The van der Waals surface area contributed by atoms with E-state index in [4.69, 9.17) is 56.0 Å². The molecule has 50 heavy (non-hydrogen) atoms. The minimum atomic E-state index is -4.87. The van der Waals surface area contributed by atoms with Crippen molar-refractivity contribution in [2.45, 2.75) is 43.4 Å². The number of ether oxygens (including phenoxy) is 5. The number of hydrogen-bond donors (Lipinski definition) is 7. The Morgan fingerprint density at radius 1 is 1.02 bits per heavy atom. The second kappa shape index (κ2) is 19.0. The first-order valence-electron chi connectivity index (χ1n) is 15.5. The Morgan fingerprint density at radius 2 is 1.66 bits per heavy atom. The Balaban J connectivity index is 1.17. The van der Waals surface area contributed by atoms with Gasteiger partial charge in [-0.1, -0.05) is 5.92 Å². The first-order valence-corrected chi connectivity index (χ1v) is 19.4. The predicted octanol–water partition coefficient (Wildman–Crippen LogP) is -0.558. The van der Waals surface area contributed by atoms with Crippen molar-refractivity contribution in [2.24, 2.45) is 5.92 Å². The van der Waals surface area contributed by atoms with Gasteiger partial charge in [0, 0.05) is 18.5 Å².